The molecule has 34 heavy (non-hydrogen) atoms. The molecule has 0 amide bonds. The van der Waals surface area contributed by atoms with E-state index in [0.29, 0.717) is 31.4 Å². The van der Waals surface area contributed by atoms with Crippen LogP contribution in [0.15, 0.2) is 78.9 Å². The predicted octanol–water partition coefficient (Wildman–Crippen LogP) is 5.58. The largest absolute Gasteiger partial charge is 0.508 e. The van der Waals surface area contributed by atoms with Gasteiger partial charge in [0.25, 0.3) is 0 Å². The number of phenols is 5. The molecular weight excluding hydrogens is 432 g/mol. The summed E-state index contributed by atoms with van der Waals surface area (Å²) >= 11 is 0. The lowest BCUT2D eigenvalue weighted by atomic mass is 10.0. The van der Waals surface area contributed by atoms with Gasteiger partial charge < -0.3 is 30.3 Å². The van der Waals surface area contributed by atoms with Gasteiger partial charge in [0.15, 0.2) is 11.5 Å². The molecule has 5 N–H and O–H groups in total. The number of benzene rings is 4. The highest BCUT2D eigenvalue weighted by Gasteiger charge is 2.13. The topological polar surface area (TPSA) is 110 Å². The lowest BCUT2D eigenvalue weighted by Gasteiger charge is -2.13. The zero-order chi connectivity index (χ0) is 24.1. The lowest BCUT2D eigenvalue weighted by Crippen LogP contribution is -1.95. The Morgan fingerprint density at radius 2 is 1.15 bits per heavy atom. The monoisotopic (exact) mass is 458 g/mol. The molecule has 174 valence electrons. The Morgan fingerprint density at radius 3 is 1.88 bits per heavy atom. The lowest BCUT2D eigenvalue weighted by molar-refractivity contribution is 0.371. The predicted molar refractivity (Wildman–Crippen MR) is 129 cm³/mol. The Bertz CT molecular complexity index is 1280. The van der Waals surface area contributed by atoms with Gasteiger partial charge in [-0.2, -0.15) is 0 Å². The van der Waals surface area contributed by atoms with E-state index in [1.54, 1.807) is 48.5 Å². The van der Waals surface area contributed by atoms with Crippen LogP contribution in [0.2, 0.25) is 0 Å². The minimum Gasteiger partial charge on any atom is -0.508 e. The summed E-state index contributed by atoms with van der Waals surface area (Å²) in [5, 5.41) is 49.8. The first-order valence-corrected chi connectivity index (χ1v) is 11.0. The fourth-order valence-electron chi connectivity index (χ4n) is 3.80. The van der Waals surface area contributed by atoms with Crippen molar-refractivity contribution in [2.24, 2.45) is 0 Å². The van der Waals surface area contributed by atoms with Crippen molar-refractivity contribution in [1.82, 2.24) is 0 Å². The molecule has 6 heteroatoms. The number of hydrogen-bond donors (Lipinski definition) is 5. The molecule has 4 aromatic rings. The maximum absolute atomic E-state index is 10.3. The number of hydrogen-bond acceptors (Lipinski definition) is 6. The fourth-order valence-corrected chi connectivity index (χ4v) is 3.80. The molecule has 0 unspecified atom stereocenters. The van der Waals surface area contributed by atoms with Crippen molar-refractivity contribution in [3.63, 3.8) is 0 Å². The standard InChI is InChI=1S/C28H26O6/c29-22-10-8-18(9-11-22)4-6-21-15-26(32)28(33)27(16-21)34-25-14-20(13-24(31)17-25)7-5-19-2-1-3-23(30)12-19/h1-3,8-17,29-33H,4-7H2. The van der Waals surface area contributed by atoms with E-state index in [-0.39, 0.29) is 34.5 Å². The minimum absolute atomic E-state index is 0.0237. The minimum atomic E-state index is -0.377. The van der Waals surface area contributed by atoms with Gasteiger partial charge in [-0.1, -0.05) is 24.3 Å². The van der Waals surface area contributed by atoms with E-state index >= 15 is 0 Å². The molecule has 0 aliphatic rings. The normalized spacial score (nSPS) is 10.8. The molecule has 4 aromatic carbocycles. The number of phenolic OH excluding ortho intramolecular Hbond substituents is 5. The second-order valence-electron chi connectivity index (χ2n) is 8.24. The van der Waals surface area contributed by atoms with Crippen LogP contribution >= 0.6 is 0 Å². The van der Waals surface area contributed by atoms with E-state index in [9.17, 15) is 25.5 Å². The summed E-state index contributed by atoms with van der Waals surface area (Å²) < 4.78 is 5.85. The molecule has 4 rings (SSSR count). The Hall–Kier alpha value is -4.32. The summed E-state index contributed by atoms with van der Waals surface area (Å²) in [5.41, 5.74) is 3.58. The number of ether oxygens (including phenoxy) is 1. The summed E-state index contributed by atoms with van der Waals surface area (Å²) in [5.74, 6) is 0.185. The highest BCUT2D eigenvalue weighted by atomic mass is 16.5. The molecule has 0 aliphatic carbocycles. The average Bonchev–Trinajstić information content (AvgIpc) is 2.80. The summed E-state index contributed by atoms with van der Waals surface area (Å²) in [6.45, 7) is 0. The summed E-state index contributed by atoms with van der Waals surface area (Å²) in [6.07, 6.45) is 2.54. The zero-order valence-corrected chi connectivity index (χ0v) is 18.5. The fraction of sp³-hybridized carbons (Fsp3) is 0.143. The molecule has 0 atom stereocenters. The SMILES string of the molecule is Oc1ccc(CCc2cc(O)c(O)c(Oc3cc(O)cc(CCc4cccc(O)c4)c3)c2)cc1. The van der Waals surface area contributed by atoms with Crippen molar-refractivity contribution < 1.29 is 30.3 Å². The van der Waals surface area contributed by atoms with Gasteiger partial charge in [-0.05, 0) is 96.5 Å². The average molecular weight is 459 g/mol. The van der Waals surface area contributed by atoms with Crippen molar-refractivity contribution in [3.05, 3.63) is 101 Å². The highest BCUT2D eigenvalue weighted by molar-refractivity contribution is 5.54. The van der Waals surface area contributed by atoms with Crippen molar-refractivity contribution in [2.45, 2.75) is 25.7 Å². The molecule has 0 aromatic heterocycles. The van der Waals surface area contributed by atoms with E-state index in [0.717, 1.165) is 22.3 Å². The quantitative estimate of drug-likeness (QED) is 0.221. The van der Waals surface area contributed by atoms with Gasteiger partial charge in [-0.25, -0.2) is 0 Å². The van der Waals surface area contributed by atoms with Crippen LogP contribution in [0.3, 0.4) is 0 Å². The molecule has 0 fully saturated rings. The molecule has 0 heterocycles. The Labute approximate surface area is 197 Å². The summed E-state index contributed by atoms with van der Waals surface area (Å²) in [7, 11) is 0. The van der Waals surface area contributed by atoms with Crippen LogP contribution in [0.4, 0.5) is 0 Å². The van der Waals surface area contributed by atoms with Crippen LogP contribution in [-0.2, 0) is 25.7 Å². The third-order valence-corrected chi connectivity index (χ3v) is 5.55. The Balaban J connectivity index is 1.49. The first kappa shape index (κ1) is 22.9. The summed E-state index contributed by atoms with van der Waals surface area (Å²) in [6, 6.07) is 21.9. The molecule has 0 bridgehead atoms. The van der Waals surface area contributed by atoms with Crippen molar-refractivity contribution in [3.8, 4) is 40.2 Å². The van der Waals surface area contributed by atoms with Crippen LogP contribution in [0.1, 0.15) is 22.3 Å². The second kappa shape index (κ2) is 10.1. The Morgan fingerprint density at radius 1 is 0.500 bits per heavy atom. The first-order valence-electron chi connectivity index (χ1n) is 11.0. The van der Waals surface area contributed by atoms with E-state index in [1.807, 2.05) is 18.2 Å². The zero-order valence-electron chi connectivity index (χ0n) is 18.5. The molecule has 0 saturated carbocycles. The second-order valence-corrected chi connectivity index (χ2v) is 8.24. The highest BCUT2D eigenvalue weighted by Crippen LogP contribution is 2.40. The van der Waals surface area contributed by atoms with Crippen LogP contribution in [0.5, 0.6) is 40.2 Å². The van der Waals surface area contributed by atoms with E-state index in [2.05, 4.69) is 0 Å². The van der Waals surface area contributed by atoms with E-state index in [1.165, 1.54) is 12.1 Å². The van der Waals surface area contributed by atoms with E-state index in [4.69, 9.17) is 4.74 Å². The van der Waals surface area contributed by atoms with E-state index < -0.39 is 0 Å². The maximum Gasteiger partial charge on any atom is 0.201 e. The van der Waals surface area contributed by atoms with Gasteiger partial charge in [0, 0.05) is 6.07 Å². The number of aromatic hydroxyl groups is 5. The van der Waals surface area contributed by atoms with Gasteiger partial charge in [-0.15, -0.1) is 0 Å². The van der Waals surface area contributed by atoms with Crippen molar-refractivity contribution >= 4 is 0 Å². The molecule has 0 radical (unpaired) electrons. The van der Waals surface area contributed by atoms with Crippen molar-refractivity contribution in [2.75, 3.05) is 0 Å². The molecule has 0 spiro atoms. The number of rotatable bonds is 8. The maximum atomic E-state index is 10.3. The molecule has 6 nitrogen and oxygen atoms in total. The van der Waals surface area contributed by atoms with Crippen LogP contribution in [0, 0.1) is 0 Å². The molecular formula is C28H26O6. The van der Waals surface area contributed by atoms with Gasteiger partial charge in [0.05, 0.1) is 0 Å². The van der Waals surface area contributed by atoms with Gasteiger partial charge in [-0.3, -0.25) is 0 Å². The van der Waals surface area contributed by atoms with Gasteiger partial charge in [0.1, 0.15) is 23.0 Å². The summed E-state index contributed by atoms with van der Waals surface area (Å²) in [4.78, 5) is 0. The van der Waals surface area contributed by atoms with Gasteiger partial charge >= 0.3 is 0 Å². The number of aryl methyl sites for hydroxylation is 4. The smallest absolute Gasteiger partial charge is 0.201 e. The van der Waals surface area contributed by atoms with Crippen LogP contribution < -0.4 is 4.74 Å². The van der Waals surface area contributed by atoms with Crippen LogP contribution in [0.25, 0.3) is 0 Å². The third-order valence-electron chi connectivity index (χ3n) is 5.55. The third kappa shape index (κ3) is 5.92. The van der Waals surface area contributed by atoms with Crippen molar-refractivity contribution in [1.29, 1.82) is 0 Å². The molecule has 0 saturated heterocycles. The molecule has 0 aliphatic heterocycles. The Kier molecular flexibility index (Phi) is 6.78. The first-order chi connectivity index (χ1) is 16.4. The van der Waals surface area contributed by atoms with Gasteiger partial charge in [0.2, 0.25) is 5.75 Å². The van der Waals surface area contributed by atoms with Crippen LogP contribution in [-0.4, -0.2) is 25.5 Å².